The molecular weight excluding hydrogens is 388 g/mol. The Morgan fingerprint density at radius 1 is 1.14 bits per heavy atom. The van der Waals surface area contributed by atoms with Crippen LogP contribution in [0, 0.1) is 5.21 Å². The first kappa shape index (κ1) is 19.0. The first-order valence-corrected chi connectivity index (χ1v) is 9.66. The van der Waals surface area contributed by atoms with E-state index in [9.17, 15) is 10.0 Å². The maximum Gasteiger partial charge on any atom is 0.270 e. The Kier molecular flexibility index (Phi) is 5.18. The van der Waals surface area contributed by atoms with Crippen LogP contribution in [0.15, 0.2) is 67.1 Å². The highest BCUT2D eigenvalue weighted by Crippen LogP contribution is 2.22. The van der Waals surface area contributed by atoms with Gasteiger partial charge in [0.2, 0.25) is 11.8 Å². The molecule has 2 heterocycles. The van der Waals surface area contributed by atoms with E-state index in [1.165, 1.54) is 12.4 Å². The summed E-state index contributed by atoms with van der Waals surface area (Å²) in [6.45, 7) is 2.32. The quantitative estimate of drug-likeness (QED) is 0.405. The summed E-state index contributed by atoms with van der Waals surface area (Å²) in [6, 6.07) is 15.7. The molecular formula is C22H19ClN4O2. The minimum atomic E-state index is -0.222. The number of aryl methyl sites for hydroxylation is 1. The third-order valence-corrected chi connectivity index (χ3v) is 5.00. The highest BCUT2D eigenvalue weighted by atomic mass is 35.5. The zero-order valence-electron chi connectivity index (χ0n) is 15.8. The number of fused-ring (bicyclic) bond motifs is 1. The minimum absolute atomic E-state index is 0.222. The van der Waals surface area contributed by atoms with Gasteiger partial charge in [-0.1, -0.05) is 54.9 Å². The van der Waals surface area contributed by atoms with Gasteiger partial charge in [-0.15, -0.1) is 0 Å². The summed E-state index contributed by atoms with van der Waals surface area (Å²) < 4.78 is 2.32. The van der Waals surface area contributed by atoms with E-state index < -0.39 is 0 Å². The Morgan fingerprint density at radius 2 is 1.79 bits per heavy atom. The molecule has 7 heteroatoms. The lowest BCUT2D eigenvalue weighted by atomic mass is 10.0. The topological polar surface area (TPSA) is 73.3 Å². The summed E-state index contributed by atoms with van der Waals surface area (Å²) in [5.41, 5.74) is 4.72. The molecule has 146 valence electrons. The molecule has 4 rings (SSSR count). The molecule has 29 heavy (non-hydrogen) atoms. The van der Waals surface area contributed by atoms with Gasteiger partial charge in [-0.25, -0.2) is 4.98 Å². The van der Waals surface area contributed by atoms with Crippen molar-refractivity contribution in [3.05, 3.63) is 94.3 Å². The van der Waals surface area contributed by atoms with Crippen LogP contribution in [0.25, 0.3) is 16.8 Å². The molecule has 1 N–H and O–H groups in total. The number of hydrogen-bond donors (Lipinski definition) is 1. The molecule has 1 amide bonds. The Morgan fingerprint density at radius 3 is 2.45 bits per heavy atom. The Hall–Kier alpha value is -3.38. The van der Waals surface area contributed by atoms with Gasteiger partial charge < -0.3 is 10.5 Å². The molecule has 2 aromatic carbocycles. The van der Waals surface area contributed by atoms with E-state index in [2.05, 4.69) is 10.3 Å². The van der Waals surface area contributed by atoms with E-state index in [1.54, 1.807) is 10.6 Å². The molecule has 0 bridgehead atoms. The maximum atomic E-state index is 12.8. The molecule has 6 nitrogen and oxygen atoms in total. The predicted octanol–water partition coefficient (Wildman–Crippen LogP) is 3.78. The van der Waals surface area contributed by atoms with E-state index in [-0.39, 0.29) is 5.91 Å². The Labute approximate surface area is 173 Å². The van der Waals surface area contributed by atoms with E-state index in [4.69, 9.17) is 11.6 Å². The fourth-order valence-electron chi connectivity index (χ4n) is 3.24. The van der Waals surface area contributed by atoms with Gasteiger partial charge in [-0.2, -0.15) is 4.73 Å². The van der Waals surface area contributed by atoms with Gasteiger partial charge in [0.15, 0.2) is 6.20 Å². The van der Waals surface area contributed by atoms with Crippen LogP contribution >= 0.6 is 11.6 Å². The van der Waals surface area contributed by atoms with Crippen LogP contribution in [0.2, 0.25) is 5.02 Å². The second kappa shape index (κ2) is 7.93. The molecule has 0 fully saturated rings. The monoisotopic (exact) mass is 406 g/mol. The van der Waals surface area contributed by atoms with Crippen LogP contribution in [-0.4, -0.2) is 15.3 Å². The number of hydrogen-bond acceptors (Lipinski definition) is 3. The van der Waals surface area contributed by atoms with Gasteiger partial charge in [-0.05, 0) is 35.2 Å². The normalized spacial score (nSPS) is 11.0. The number of benzene rings is 2. The molecule has 0 saturated heterocycles. The number of amides is 1. The van der Waals surface area contributed by atoms with Crippen molar-refractivity contribution in [3.63, 3.8) is 0 Å². The lowest BCUT2D eigenvalue weighted by molar-refractivity contribution is -0.604. The van der Waals surface area contributed by atoms with Crippen molar-refractivity contribution < 1.29 is 9.52 Å². The fraction of sp³-hybridized carbons (Fsp3) is 0.136. The summed E-state index contributed by atoms with van der Waals surface area (Å²) in [4.78, 5) is 17.2. The molecule has 0 aliphatic carbocycles. The third kappa shape index (κ3) is 3.93. The van der Waals surface area contributed by atoms with Crippen LogP contribution in [0.4, 0.5) is 0 Å². The van der Waals surface area contributed by atoms with Gasteiger partial charge in [0.25, 0.3) is 5.91 Å². The van der Waals surface area contributed by atoms with Crippen LogP contribution in [0.5, 0.6) is 0 Å². The highest BCUT2D eigenvalue weighted by molar-refractivity contribution is 6.30. The molecule has 0 saturated carbocycles. The SMILES string of the molecule is CCc1nc2c[n+]([O-])ccn2c1C(=O)NCc1ccc(-c2ccc(Cl)cc2)cc1. The van der Waals surface area contributed by atoms with Crippen molar-refractivity contribution in [2.24, 2.45) is 0 Å². The Balaban J connectivity index is 1.50. The average molecular weight is 407 g/mol. The van der Waals surface area contributed by atoms with Gasteiger partial charge in [0, 0.05) is 11.6 Å². The number of carbonyl (C=O) groups is 1. The molecule has 0 radical (unpaired) electrons. The second-order valence-electron chi connectivity index (χ2n) is 6.66. The van der Waals surface area contributed by atoms with Gasteiger partial charge in [-0.3, -0.25) is 9.20 Å². The van der Waals surface area contributed by atoms with Gasteiger partial charge in [0.05, 0.1) is 11.9 Å². The van der Waals surface area contributed by atoms with Gasteiger partial charge >= 0.3 is 0 Å². The third-order valence-electron chi connectivity index (χ3n) is 4.75. The lowest BCUT2D eigenvalue weighted by Crippen LogP contribution is -2.27. The fourth-order valence-corrected chi connectivity index (χ4v) is 3.37. The molecule has 0 aliphatic rings. The molecule has 4 aromatic rings. The summed E-state index contributed by atoms with van der Waals surface area (Å²) in [6.07, 6.45) is 4.86. The van der Waals surface area contributed by atoms with Crippen LogP contribution in [0.1, 0.15) is 28.7 Å². The molecule has 0 unspecified atom stereocenters. The number of carbonyl (C=O) groups excluding carboxylic acids is 1. The van der Waals surface area contributed by atoms with Crippen LogP contribution < -0.4 is 10.0 Å². The maximum absolute atomic E-state index is 12.8. The van der Waals surface area contributed by atoms with E-state index in [0.717, 1.165) is 16.7 Å². The number of nitrogens with zero attached hydrogens (tertiary/aromatic N) is 3. The summed E-state index contributed by atoms with van der Waals surface area (Å²) in [7, 11) is 0. The summed E-state index contributed by atoms with van der Waals surface area (Å²) in [5, 5.41) is 15.1. The second-order valence-corrected chi connectivity index (χ2v) is 7.10. The largest absolute Gasteiger partial charge is 0.619 e. The summed E-state index contributed by atoms with van der Waals surface area (Å²) in [5.74, 6) is -0.222. The van der Waals surface area contributed by atoms with E-state index >= 15 is 0 Å². The standard InChI is InChI=1S/C22H19ClN4O2/c1-2-19-21(27-12-11-26(29)14-20(27)25-19)22(28)24-13-15-3-5-16(6-4-15)17-7-9-18(23)10-8-17/h3-12,14H,2,13H2,1H3,(H,24,28). The van der Waals surface area contributed by atoms with Crippen molar-refractivity contribution in [1.82, 2.24) is 14.7 Å². The smallest absolute Gasteiger partial charge is 0.270 e. The molecule has 0 atom stereocenters. The average Bonchev–Trinajstić information content (AvgIpc) is 3.10. The molecule has 0 aliphatic heterocycles. The zero-order chi connectivity index (χ0) is 20.4. The highest BCUT2D eigenvalue weighted by Gasteiger charge is 2.19. The number of nitrogens with one attached hydrogen (secondary N) is 1. The van der Waals surface area contributed by atoms with Gasteiger partial charge in [0.1, 0.15) is 5.69 Å². The number of rotatable bonds is 5. The summed E-state index contributed by atoms with van der Waals surface area (Å²) >= 11 is 5.94. The Bertz CT molecular complexity index is 1170. The number of halogens is 1. The van der Waals surface area contributed by atoms with Crippen LogP contribution in [-0.2, 0) is 13.0 Å². The lowest BCUT2D eigenvalue weighted by Gasteiger charge is -2.08. The van der Waals surface area contributed by atoms with E-state index in [0.29, 0.717) is 39.8 Å². The minimum Gasteiger partial charge on any atom is -0.619 e. The van der Waals surface area contributed by atoms with Crippen molar-refractivity contribution in [2.75, 3.05) is 0 Å². The first-order valence-electron chi connectivity index (χ1n) is 9.28. The number of imidazole rings is 1. The van der Waals surface area contributed by atoms with Crippen molar-refractivity contribution in [2.45, 2.75) is 19.9 Å². The molecule has 2 aromatic heterocycles. The van der Waals surface area contributed by atoms with Crippen LogP contribution in [0.3, 0.4) is 0 Å². The van der Waals surface area contributed by atoms with Crippen molar-refractivity contribution in [1.29, 1.82) is 0 Å². The van der Waals surface area contributed by atoms with Crippen molar-refractivity contribution >= 4 is 23.2 Å². The van der Waals surface area contributed by atoms with Crippen molar-refractivity contribution in [3.8, 4) is 11.1 Å². The first-order chi connectivity index (χ1) is 14.0. The van der Waals surface area contributed by atoms with E-state index in [1.807, 2.05) is 55.5 Å². The molecule has 0 spiro atoms. The number of aromatic nitrogens is 3. The predicted molar refractivity (Wildman–Crippen MR) is 112 cm³/mol. The zero-order valence-corrected chi connectivity index (χ0v) is 16.6.